The molecule has 0 aromatic heterocycles. The molecule has 0 bridgehead atoms. The first-order valence-electron chi connectivity index (χ1n) is 5.37. The summed E-state index contributed by atoms with van der Waals surface area (Å²) < 4.78 is 6.32. The van der Waals surface area contributed by atoms with Crippen LogP contribution in [-0.4, -0.2) is 29.5 Å². The van der Waals surface area contributed by atoms with Crippen LogP contribution < -0.4 is 4.74 Å². The molecular weight excluding hydrogens is 272 g/mol. The van der Waals surface area contributed by atoms with Crippen LogP contribution in [0.25, 0.3) is 0 Å². The van der Waals surface area contributed by atoms with Crippen molar-refractivity contribution in [2.45, 2.75) is 25.9 Å². The van der Waals surface area contributed by atoms with Crippen molar-refractivity contribution in [2.75, 3.05) is 13.2 Å². The molecule has 0 aliphatic rings. The number of aryl methyl sites for hydroxylation is 1. The first-order valence-corrected chi connectivity index (χ1v) is 6.16. The summed E-state index contributed by atoms with van der Waals surface area (Å²) in [5.41, 5.74) is 1.11. The van der Waals surface area contributed by atoms with Gasteiger partial charge < -0.3 is 14.9 Å². The quantitative estimate of drug-likeness (QED) is 0.843. The van der Waals surface area contributed by atoms with E-state index in [9.17, 15) is 5.11 Å². The summed E-state index contributed by atoms with van der Waals surface area (Å²) >= 11 is 3.44. The van der Waals surface area contributed by atoms with Crippen LogP contribution >= 0.6 is 15.9 Å². The van der Waals surface area contributed by atoms with Gasteiger partial charge in [0.25, 0.3) is 0 Å². The van der Waals surface area contributed by atoms with E-state index in [-0.39, 0.29) is 6.61 Å². The number of halogens is 1. The Kier molecular flexibility index (Phi) is 5.80. The summed E-state index contributed by atoms with van der Waals surface area (Å²) in [6.07, 6.45) is 0.675. The maximum atomic E-state index is 9.24. The smallest absolute Gasteiger partial charge is 0.133 e. The SMILES string of the molecule is CCOc1ccc(CCC(O)CO)cc1Br. The highest BCUT2D eigenvalue weighted by Crippen LogP contribution is 2.26. The highest BCUT2D eigenvalue weighted by molar-refractivity contribution is 9.10. The lowest BCUT2D eigenvalue weighted by Gasteiger charge is -2.09. The molecule has 90 valence electrons. The van der Waals surface area contributed by atoms with Crippen molar-refractivity contribution < 1.29 is 14.9 Å². The molecule has 0 amide bonds. The molecule has 0 fully saturated rings. The Morgan fingerprint density at radius 2 is 2.19 bits per heavy atom. The summed E-state index contributed by atoms with van der Waals surface area (Å²) in [6, 6.07) is 5.86. The van der Waals surface area contributed by atoms with E-state index in [1.807, 2.05) is 25.1 Å². The highest BCUT2D eigenvalue weighted by Gasteiger charge is 2.05. The Hall–Kier alpha value is -0.580. The molecule has 1 aromatic rings. The van der Waals surface area contributed by atoms with Crippen LogP contribution in [0.4, 0.5) is 0 Å². The number of benzene rings is 1. The van der Waals surface area contributed by atoms with Crippen LogP contribution in [0.3, 0.4) is 0 Å². The van der Waals surface area contributed by atoms with Gasteiger partial charge in [0, 0.05) is 0 Å². The van der Waals surface area contributed by atoms with Crippen molar-refractivity contribution in [1.82, 2.24) is 0 Å². The van der Waals surface area contributed by atoms with Crippen LogP contribution in [-0.2, 0) is 6.42 Å². The molecule has 4 heteroatoms. The molecule has 0 spiro atoms. The summed E-state index contributed by atoms with van der Waals surface area (Å²) in [5, 5.41) is 17.9. The van der Waals surface area contributed by atoms with Gasteiger partial charge in [-0.25, -0.2) is 0 Å². The van der Waals surface area contributed by atoms with Crippen molar-refractivity contribution in [3.8, 4) is 5.75 Å². The average Bonchev–Trinajstić information content (AvgIpc) is 2.29. The maximum absolute atomic E-state index is 9.24. The van der Waals surface area contributed by atoms with Gasteiger partial charge in [0.15, 0.2) is 0 Å². The predicted octanol–water partition coefficient (Wildman–Crippen LogP) is 2.13. The largest absolute Gasteiger partial charge is 0.493 e. The Morgan fingerprint density at radius 1 is 1.44 bits per heavy atom. The van der Waals surface area contributed by atoms with Crippen molar-refractivity contribution in [3.63, 3.8) is 0 Å². The number of hydrogen-bond donors (Lipinski definition) is 2. The molecule has 1 rings (SSSR count). The molecule has 0 heterocycles. The minimum absolute atomic E-state index is 0.182. The predicted molar refractivity (Wildman–Crippen MR) is 66.7 cm³/mol. The van der Waals surface area contributed by atoms with Crippen LogP contribution in [0.2, 0.25) is 0 Å². The Balaban J connectivity index is 2.59. The standard InChI is InChI=1S/C12H17BrO3/c1-2-16-12-6-4-9(7-11(12)13)3-5-10(15)8-14/h4,6-7,10,14-15H,2-3,5,8H2,1H3. The molecule has 2 N–H and O–H groups in total. The van der Waals surface area contributed by atoms with Crippen molar-refractivity contribution >= 4 is 15.9 Å². The number of aliphatic hydroxyl groups excluding tert-OH is 2. The number of hydrogen-bond acceptors (Lipinski definition) is 3. The van der Waals surface area contributed by atoms with Gasteiger partial charge in [0.1, 0.15) is 5.75 Å². The number of rotatable bonds is 6. The van der Waals surface area contributed by atoms with E-state index in [1.165, 1.54) is 0 Å². The molecule has 1 unspecified atom stereocenters. The van der Waals surface area contributed by atoms with E-state index in [1.54, 1.807) is 0 Å². The lowest BCUT2D eigenvalue weighted by Crippen LogP contribution is -2.12. The third-order valence-corrected chi connectivity index (χ3v) is 2.89. The maximum Gasteiger partial charge on any atom is 0.133 e. The van der Waals surface area contributed by atoms with Gasteiger partial charge in [-0.05, 0) is 53.4 Å². The van der Waals surface area contributed by atoms with Gasteiger partial charge >= 0.3 is 0 Å². The first kappa shape index (κ1) is 13.5. The molecule has 3 nitrogen and oxygen atoms in total. The zero-order valence-corrected chi connectivity index (χ0v) is 10.9. The molecule has 1 aromatic carbocycles. The van der Waals surface area contributed by atoms with Crippen LogP contribution in [0.1, 0.15) is 18.9 Å². The van der Waals surface area contributed by atoms with Gasteiger partial charge in [-0.3, -0.25) is 0 Å². The fourth-order valence-corrected chi connectivity index (χ4v) is 1.94. The fraction of sp³-hybridized carbons (Fsp3) is 0.500. The monoisotopic (exact) mass is 288 g/mol. The molecular formula is C12H17BrO3. The van der Waals surface area contributed by atoms with E-state index < -0.39 is 6.10 Å². The number of ether oxygens (including phenoxy) is 1. The second-order valence-corrected chi connectivity index (χ2v) is 4.43. The molecule has 0 saturated carbocycles. The van der Waals surface area contributed by atoms with Gasteiger partial charge in [-0.1, -0.05) is 6.07 Å². The van der Waals surface area contributed by atoms with Crippen molar-refractivity contribution in [3.05, 3.63) is 28.2 Å². The Morgan fingerprint density at radius 3 is 2.75 bits per heavy atom. The summed E-state index contributed by atoms with van der Waals surface area (Å²) in [6.45, 7) is 2.40. The average molecular weight is 289 g/mol. The summed E-state index contributed by atoms with van der Waals surface area (Å²) in [4.78, 5) is 0. The normalized spacial score (nSPS) is 12.5. The third kappa shape index (κ3) is 4.12. The molecule has 0 aliphatic heterocycles. The van der Waals surface area contributed by atoms with Crippen LogP contribution in [0.5, 0.6) is 5.75 Å². The minimum Gasteiger partial charge on any atom is -0.493 e. The zero-order valence-electron chi connectivity index (χ0n) is 9.32. The lowest BCUT2D eigenvalue weighted by atomic mass is 10.1. The van der Waals surface area contributed by atoms with Crippen molar-refractivity contribution in [2.24, 2.45) is 0 Å². The second-order valence-electron chi connectivity index (χ2n) is 3.57. The van der Waals surface area contributed by atoms with Gasteiger partial charge in [0.2, 0.25) is 0 Å². The third-order valence-electron chi connectivity index (χ3n) is 2.27. The first-order chi connectivity index (χ1) is 7.67. The summed E-state index contributed by atoms with van der Waals surface area (Å²) in [7, 11) is 0. The fourth-order valence-electron chi connectivity index (χ4n) is 1.40. The van der Waals surface area contributed by atoms with Crippen molar-refractivity contribution in [1.29, 1.82) is 0 Å². The highest BCUT2D eigenvalue weighted by atomic mass is 79.9. The molecule has 0 saturated heterocycles. The van der Waals surface area contributed by atoms with E-state index in [0.29, 0.717) is 13.0 Å². The van der Waals surface area contributed by atoms with Crippen LogP contribution in [0.15, 0.2) is 22.7 Å². The molecule has 16 heavy (non-hydrogen) atoms. The zero-order chi connectivity index (χ0) is 12.0. The van der Waals surface area contributed by atoms with E-state index in [0.717, 1.165) is 22.2 Å². The van der Waals surface area contributed by atoms with Gasteiger partial charge in [-0.15, -0.1) is 0 Å². The van der Waals surface area contributed by atoms with E-state index in [4.69, 9.17) is 9.84 Å². The Labute approximate surface area is 104 Å². The number of aliphatic hydroxyl groups is 2. The van der Waals surface area contributed by atoms with E-state index in [2.05, 4.69) is 15.9 Å². The van der Waals surface area contributed by atoms with Crippen LogP contribution in [0, 0.1) is 0 Å². The molecule has 0 aliphatic carbocycles. The topological polar surface area (TPSA) is 49.7 Å². The Bertz CT molecular complexity index is 328. The lowest BCUT2D eigenvalue weighted by molar-refractivity contribution is 0.0886. The second kappa shape index (κ2) is 6.89. The summed E-state index contributed by atoms with van der Waals surface area (Å²) in [5.74, 6) is 0.828. The minimum atomic E-state index is -0.634. The molecule has 0 radical (unpaired) electrons. The van der Waals surface area contributed by atoms with Gasteiger partial charge in [-0.2, -0.15) is 0 Å². The molecule has 1 atom stereocenters. The van der Waals surface area contributed by atoms with E-state index >= 15 is 0 Å². The van der Waals surface area contributed by atoms with Gasteiger partial charge in [0.05, 0.1) is 23.8 Å².